The van der Waals surface area contributed by atoms with Crippen molar-refractivity contribution in [3.05, 3.63) is 41.3 Å². The summed E-state index contributed by atoms with van der Waals surface area (Å²) in [4.78, 5) is 12.9. The van der Waals surface area contributed by atoms with E-state index in [1.165, 1.54) is 17.4 Å². The second-order valence-electron chi connectivity index (χ2n) is 6.93. The van der Waals surface area contributed by atoms with Gasteiger partial charge >= 0.3 is 6.61 Å². The van der Waals surface area contributed by atoms with Crippen molar-refractivity contribution < 1.29 is 27.8 Å². The maximum absolute atomic E-state index is 14.5. The van der Waals surface area contributed by atoms with Crippen LogP contribution in [-0.2, 0) is 6.42 Å². The first-order valence-corrected chi connectivity index (χ1v) is 9.86. The molecule has 0 saturated carbocycles. The zero-order valence-corrected chi connectivity index (χ0v) is 16.3. The lowest BCUT2D eigenvalue weighted by molar-refractivity contribution is -0.0528. The third-order valence-electron chi connectivity index (χ3n) is 4.81. The molecule has 0 saturated heterocycles. The van der Waals surface area contributed by atoms with Gasteiger partial charge in [0.25, 0.3) is 0 Å². The first-order valence-electron chi connectivity index (χ1n) is 9.05. The van der Waals surface area contributed by atoms with Crippen molar-refractivity contribution in [3.63, 3.8) is 0 Å². The maximum Gasteiger partial charge on any atom is 0.388 e. The van der Waals surface area contributed by atoms with Crippen LogP contribution in [0.1, 0.15) is 11.1 Å². The van der Waals surface area contributed by atoms with Crippen molar-refractivity contribution in [2.24, 2.45) is 0 Å². The van der Waals surface area contributed by atoms with Crippen LogP contribution in [0.15, 0.2) is 24.4 Å². The lowest BCUT2D eigenvalue weighted by Crippen LogP contribution is -2.17. The number of thiazole rings is 1. The number of alkyl halides is 2. The molecule has 1 N–H and O–H groups in total. The fraction of sp³-hybridized carbons (Fsp3) is 0.250. The average molecular weight is 433 g/mol. The SMILES string of the molecule is Cc1cc(-c2nc3cc(F)c4c(c3s2)C[C@@H](CO)O4)c2ncc(OC(F)F)nc2c1. The molecule has 0 aliphatic carbocycles. The Morgan fingerprint density at radius 3 is 2.87 bits per heavy atom. The molecule has 4 aromatic rings. The van der Waals surface area contributed by atoms with Crippen LogP contribution in [-0.4, -0.2) is 39.4 Å². The molecule has 0 unspecified atom stereocenters. The Kier molecular flexibility index (Phi) is 4.48. The van der Waals surface area contributed by atoms with E-state index in [0.29, 0.717) is 39.1 Å². The van der Waals surface area contributed by atoms with Crippen molar-refractivity contribution in [2.45, 2.75) is 26.1 Å². The highest BCUT2D eigenvalue weighted by atomic mass is 32.1. The van der Waals surface area contributed by atoms with E-state index in [2.05, 4.69) is 19.7 Å². The molecule has 3 heterocycles. The average Bonchev–Trinajstić information content (AvgIpc) is 3.30. The van der Waals surface area contributed by atoms with Crippen LogP contribution in [0.4, 0.5) is 13.2 Å². The molecule has 0 bridgehead atoms. The molecule has 0 amide bonds. The van der Waals surface area contributed by atoms with Gasteiger partial charge in [0.05, 0.1) is 34.1 Å². The second-order valence-corrected chi connectivity index (χ2v) is 7.93. The van der Waals surface area contributed by atoms with E-state index in [9.17, 15) is 18.3 Å². The third-order valence-corrected chi connectivity index (χ3v) is 5.98. The zero-order chi connectivity index (χ0) is 21.0. The fourth-order valence-corrected chi connectivity index (χ4v) is 4.71. The number of aryl methyl sites for hydroxylation is 1. The molecule has 2 aromatic heterocycles. The normalized spacial score (nSPS) is 15.7. The van der Waals surface area contributed by atoms with Gasteiger partial charge in [-0.05, 0) is 24.6 Å². The van der Waals surface area contributed by atoms with Crippen LogP contribution >= 0.6 is 11.3 Å². The Hall–Kier alpha value is -2.98. The van der Waals surface area contributed by atoms with Gasteiger partial charge in [-0.3, -0.25) is 0 Å². The largest absolute Gasteiger partial charge is 0.484 e. The van der Waals surface area contributed by atoms with Gasteiger partial charge < -0.3 is 14.6 Å². The number of benzene rings is 2. The minimum Gasteiger partial charge on any atom is -0.484 e. The Labute approximate surface area is 171 Å². The monoisotopic (exact) mass is 433 g/mol. The highest BCUT2D eigenvalue weighted by Gasteiger charge is 2.29. The van der Waals surface area contributed by atoms with Crippen LogP contribution in [0.5, 0.6) is 11.6 Å². The molecular weight excluding hydrogens is 419 g/mol. The number of aliphatic hydroxyl groups excluding tert-OH is 1. The molecule has 1 aliphatic rings. The lowest BCUT2D eigenvalue weighted by Gasteiger charge is -2.07. The van der Waals surface area contributed by atoms with E-state index >= 15 is 0 Å². The van der Waals surface area contributed by atoms with Gasteiger partial charge in [0.1, 0.15) is 11.1 Å². The predicted octanol–water partition coefficient (Wildman–Crippen LogP) is 4.25. The van der Waals surface area contributed by atoms with Crippen molar-refractivity contribution in [2.75, 3.05) is 6.61 Å². The second kappa shape index (κ2) is 7.06. The van der Waals surface area contributed by atoms with E-state index in [4.69, 9.17) is 4.74 Å². The Morgan fingerprint density at radius 1 is 1.27 bits per heavy atom. The number of fused-ring (bicyclic) bond motifs is 4. The number of nitrogens with zero attached hydrogens (tertiary/aromatic N) is 3. The summed E-state index contributed by atoms with van der Waals surface area (Å²) in [5.74, 6) is -0.641. The number of rotatable bonds is 4. The zero-order valence-electron chi connectivity index (χ0n) is 15.5. The van der Waals surface area contributed by atoms with Gasteiger partial charge in [-0.1, -0.05) is 0 Å². The summed E-state index contributed by atoms with van der Waals surface area (Å²) in [5, 5.41) is 9.97. The predicted molar refractivity (Wildman–Crippen MR) is 105 cm³/mol. The van der Waals surface area contributed by atoms with E-state index in [0.717, 1.165) is 16.5 Å². The van der Waals surface area contributed by atoms with Crippen LogP contribution in [0.25, 0.3) is 31.8 Å². The number of aromatic nitrogens is 3. The molecule has 154 valence electrons. The first-order chi connectivity index (χ1) is 14.4. The van der Waals surface area contributed by atoms with Gasteiger partial charge in [-0.15, -0.1) is 11.3 Å². The summed E-state index contributed by atoms with van der Waals surface area (Å²) in [7, 11) is 0. The van der Waals surface area contributed by atoms with Gasteiger partial charge in [0, 0.05) is 23.6 Å². The van der Waals surface area contributed by atoms with Crippen LogP contribution < -0.4 is 9.47 Å². The highest BCUT2D eigenvalue weighted by Crippen LogP contribution is 2.43. The molecule has 0 spiro atoms. The van der Waals surface area contributed by atoms with Crippen LogP contribution in [0.3, 0.4) is 0 Å². The quantitative estimate of drug-likeness (QED) is 0.519. The van der Waals surface area contributed by atoms with Crippen molar-refractivity contribution in [1.82, 2.24) is 15.0 Å². The molecule has 30 heavy (non-hydrogen) atoms. The molecule has 2 aromatic carbocycles. The van der Waals surface area contributed by atoms with E-state index in [1.54, 1.807) is 6.07 Å². The number of ether oxygens (including phenoxy) is 2. The molecule has 1 atom stereocenters. The van der Waals surface area contributed by atoms with Gasteiger partial charge in [0.15, 0.2) is 11.6 Å². The molecule has 10 heteroatoms. The summed E-state index contributed by atoms with van der Waals surface area (Å²) < 4.78 is 50.1. The summed E-state index contributed by atoms with van der Waals surface area (Å²) in [6, 6.07) is 4.90. The standard InChI is InChI=1S/C20H14F3N3O3S/c1-8-2-10(16-13(3-8)25-15(6-24-16)29-20(22)23)19-26-14-5-12(21)17-11(18(14)30-19)4-9(7-27)28-17/h2-3,5-6,9,20,27H,4,7H2,1H3/t9-/m0/s1. The summed E-state index contributed by atoms with van der Waals surface area (Å²) >= 11 is 1.36. The smallest absolute Gasteiger partial charge is 0.388 e. The molecule has 1 aliphatic heterocycles. The van der Waals surface area contributed by atoms with Gasteiger partial charge in [0.2, 0.25) is 5.88 Å². The minimum atomic E-state index is -2.99. The van der Waals surface area contributed by atoms with Crippen molar-refractivity contribution in [3.8, 4) is 22.2 Å². The van der Waals surface area contributed by atoms with Crippen molar-refractivity contribution in [1.29, 1.82) is 0 Å². The third kappa shape index (κ3) is 3.12. The van der Waals surface area contributed by atoms with E-state index in [-0.39, 0.29) is 18.2 Å². The molecule has 6 nitrogen and oxygen atoms in total. The highest BCUT2D eigenvalue weighted by molar-refractivity contribution is 7.22. The summed E-state index contributed by atoms with van der Waals surface area (Å²) in [6.45, 7) is -1.36. The Balaban J connectivity index is 1.67. The molecule has 0 radical (unpaired) electrons. The number of hydrogen-bond acceptors (Lipinski definition) is 7. The Morgan fingerprint density at radius 2 is 2.10 bits per heavy atom. The first kappa shape index (κ1) is 19.0. The summed E-state index contributed by atoms with van der Waals surface area (Å²) in [5.41, 5.74) is 3.52. The van der Waals surface area contributed by atoms with Crippen molar-refractivity contribution >= 4 is 32.6 Å². The van der Waals surface area contributed by atoms with E-state index < -0.39 is 18.5 Å². The van der Waals surface area contributed by atoms with Crippen LogP contribution in [0, 0.1) is 12.7 Å². The summed E-state index contributed by atoms with van der Waals surface area (Å²) in [6.07, 6.45) is 1.05. The lowest BCUT2D eigenvalue weighted by atomic mass is 10.1. The van der Waals surface area contributed by atoms with Gasteiger partial charge in [-0.2, -0.15) is 8.78 Å². The number of hydrogen-bond donors (Lipinski definition) is 1. The number of halogens is 3. The van der Waals surface area contributed by atoms with E-state index in [1.807, 2.05) is 13.0 Å². The maximum atomic E-state index is 14.5. The molecule has 5 rings (SSSR count). The molecular formula is C20H14F3N3O3S. The number of aliphatic hydroxyl groups is 1. The van der Waals surface area contributed by atoms with Crippen LogP contribution in [0.2, 0.25) is 0 Å². The molecule has 0 fully saturated rings. The Bertz CT molecular complexity index is 1290. The van der Waals surface area contributed by atoms with Gasteiger partial charge in [-0.25, -0.2) is 19.3 Å². The topological polar surface area (TPSA) is 77.4 Å². The fourth-order valence-electron chi connectivity index (χ4n) is 3.60. The minimum absolute atomic E-state index is 0.152.